The number of aromatic hydroxyl groups is 1. The van der Waals surface area contributed by atoms with Crippen LogP contribution >= 0.6 is 27.7 Å². The van der Waals surface area contributed by atoms with Gasteiger partial charge in [0, 0.05) is 22.6 Å². The number of carbonyl (C=O) groups is 2. The second-order valence-corrected chi connectivity index (χ2v) is 9.89. The van der Waals surface area contributed by atoms with Crippen molar-refractivity contribution in [3.05, 3.63) is 76.8 Å². The van der Waals surface area contributed by atoms with Crippen LogP contribution in [0.2, 0.25) is 0 Å². The highest BCUT2D eigenvalue weighted by molar-refractivity contribution is 9.10. The predicted octanol–water partition coefficient (Wildman–Crippen LogP) is 5.04. The SMILES string of the molecule is COc1ccc(C=NN=C2SC(CC(=O)Nc3ccc(Br)cc3)C(=O)N2c2cccc(O)c2)cc1OC. The smallest absolute Gasteiger partial charge is 0.247 e. The summed E-state index contributed by atoms with van der Waals surface area (Å²) in [7, 11) is 3.09. The Hall–Kier alpha value is -3.83. The second-order valence-electron chi connectivity index (χ2n) is 7.80. The Morgan fingerprint density at radius 2 is 1.86 bits per heavy atom. The second kappa shape index (κ2) is 11.9. The first-order valence-corrected chi connectivity index (χ1v) is 12.7. The van der Waals surface area contributed by atoms with E-state index in [2.05, 4.69) is 31.4 Å². The minimum atomic E-state index is -0.715. The summed E-state index contributed by atoms with van der Waals surface area (Å²) >= 11 is 4.50. The van der Waals surface area contributed by atoms with Crippen molar-refractivity contribution in [2.75, 3.05) is 24.4 Å². The summed E-state index contributed by atoms with van der Waals surface area (Å²) in [5.41, 5.74) is 1.76. The van der Waals surface area contributed by atoms with Gasteiger partial charge in [0.05, 0.1) is 26.1 Å². The monoisotopic (exact) mass is 582 g/mol. The van der Waals surface area contributed by atoms with Crippen molar-refractivity contribution in [2.45, 2.75) is 11.7 Å². The lowest BCUT2D eigenvalue weighted by Crippen LogP contribution is -2.33. The van der Waals surface area contributed by atoms with Gasteiger partial charge in [0.15, 0.2) is 16.7 Å². The third-order valence-electron chi connectivity index (χ3n) is 5.28. The van der Waals surface area contributed by atoms with E-state index in [-0.39, 0.29) is 29.2 Å². The van der Waals surface area contributed by atoms with E-state index in [1.807, 2.05) is 12.1 Å². The van der Waals surface area contributed by atoms with Crippen molar-refractivity contribution < 1.29 is 24.2 Å². The summed E-state index contributed by atoms with van der Waals surface area (Å²) in [5.74, 6) is 0.491. The Kier molecular flexibility index (Phi) is 8.47. The van der Waals surface area contributed by atoms with Gasteiger partial charge < -0.3 is 19.9 Å². The van der Waals surface area contributed by atoms with Gasteiger partial charge in [0.25, 0.3) is 0 Å². The van der Waals surface area contributed by atoms with E-state index in [4.69, 9.17) is 9.47 Å². The van der Waals surface area contributed by atoms with E-state index in [9.17, 15) is 14.7 Å². The number of hydrogen-bond donors (Lipinski definition) is 2. The Bertz CT molecular complexity index is 1360. The number of phenols is 1. The van der Waals surface area contributed by atoms with Crippen LogP contribution in [0.5, 0.6) is 17.2 Å². The number of ether oxygens (including phenoxy) is 2. The average molecular weight is 583 g/mol. The fourth-order valence-electron chi connectivity index (χ4n) is 3.53. The van der Waals surface area contributed by atoms with E-state index in [1.165, 1.54) is 23.2 Å². The van der Waals surface area contributed by atoms with Crippen LogP contribution in [0.4, 0.5) is 11.4 Å². The molecule has 3 aromatic rings. The van der Waals surface area contributed by atoms with Crippen molar-refractivity contribution in [3.63, 3.8) is 0 Å². The van der Waals surface area contributed by atoms with Gasteiger partial charge in [-0.25, -0.2) is 0 Å². The van der Waals surface area contributed by atoms with Crippen LogP contribution in [0, 0.1) is 0 Å². The fraction of sp³-hybridized carbons (Fsp3) is 0.154. The lowest BCUT2D eigenvalue weighted by Gasteiger charge is -2.16. The largest absolute Gasteiger partial charge is 0.508 e. The van der Waals surface area contributed by atoms with E-state index in [1.54, 1.807) is 56.7 Å². The van der Waals surface area contributed by atoms with Crippen LogP contribution in [-0.2, 0) is 9.59 Å². The summed E-state index contributed by atoms with van der Waals surface area (Å²) < 4.78 is 11.5. The average Bonchev–Trinajstić information content (AvgIpc) is 3.19. The molecule has 2 N–H and O–H groups in total. The molecule has 0 spiro atoms. The summed E-state index contributed by atoms with van der Waals surface area (Å²) in [5, 5.41) is 20.8. The molecule has 0 saturated carbocycles. The number of phenolic OH excluding ortho intramolecular Hbond substituents is 1. The molecular formula is C26H23BrN4O5S. The molecule has 2 amide bonds. The number of nitrogens with one attached hydrogen (secondary N) is 1. The van der Waals surface area contributed by atoms with Crippen LogP contribution in [0.1, 0.15) is 12.0 Å². The van der Waals surface area contributed by atoms with Crippen LogP contribution in [-0.4, -0.2) is 47.8 Å². The van der Waals surface area contributed by atoms with Crippen LogP contribution in [0.15, 0.2) is 81.4 Å². The van der Waals surface area contributed by atoms with E-state index >= 15 is 0 Å². The Morgan fingerprint density at radius 3 is 2.57 bits per heavy atom. The highest BCUT2D eigenvalue weighted by Crippen LogP contribution is 2.35. The van der Waals surface area contributed by atoms with Crippen LogP contribution in [0.3, 0.4) is 0 Å². The standard InChI is InChI=1S/C26H23BrN4O5S/c1-35-21-11-6-16(12-22(21)36-2)15-28-30-26-31(19-4-3-5-20(32)13-19)25(34)23(37-26)14-24(33)29-18-9-7-17(27)8-10-18/h3-13,15,23,32H,14H2,1-2H3,(H,29,33). The minimum absolute atomic E-state index is 0.0000828. The number of anilines is 2. The van der Waals surface area contributed by atoms with Crippen molar-refractivity contribution in [2.24, 2.45) is 10.2 Å². The fourth-order valence-corrected chi connectivity index (χ4v) is 4.88. The van der Waals surface area contributed by atoms with Crippen molar-refractivity contribution in [1.29, 1.82) is 0 Å². The summed E-state index contributed by atoms with van der Waals surface area (Å²) in [6.45, 7) is 0. The normalized spacial score (nSPS) is 16.4. The first-order valence-electron chi connectivity index (χ1n) is 11.1. The zero-order valence-electron chi connectivity index (χ0n) is 19.9. The van der Waals surface area contributed by atoms with Gasteiger partial charge in [-0.1, -0.05) is 33.8 Å². The molecule has 0 aromatic heterocycles. The van der Waals surface area contributed by atoms with Crippen molar-refractivity contribution in [3.8, 4) is 17.2 Å². The van der Waals surface area contributed by atoms with Gasteiger partial charge in [0.2, 0.25) is 11.8 Å². The molecule has 37 heavy (non-hydrogen) atoms. The zero-order valence-corrected chi connectivity index (χ0v) is 22.3. The molecule has 4 rings (SSSR count). The third-order valence-corrected chi connectivity index (χ3v) is 6.94. The van der Waals surface area contributed by atoms with Crippen molar-refractivity contribution in [1.82, 2.24) is 0 Å². The molecule has 0 aliphatic carbocycles. The maximum Gasteiger partial charge on any atom is 0.247 e. The molecule has 1 heterocycles. The van der Waals surface area contributed by atoms with Crippen LogP contribution in [0.25, 0.3) is 0 Å². The first kappa shape index (κ1) is 26.2. The number of methoxy groups -OCH3 is 2. The predicted molar refractivity (Wildman–Crippen MR) is 149 cm³/mol. The number of nitrogens with zero attached hydrogens (tertiary/aromatic N) is 3. The molecule has 1 saturated heterocycles. The van der Waals surface area contributed by atoms with Gasteiger partial charge in [-0.05, 0) is 60.2 Å². The molecule has 9 nitrogen and oxygen atoms in total. The molecule has 1 unspecified atom stereocenters. The molecule has 1 atom stereocenters. The molecular weight excluding hydrogens is 560 g/mol. The molecule has 1 aliphatic heterocycles. The number of carbonyl (C=O) groups excluding carboxylic acids is 2. The minimum Gasteiger partial charge on any atom is -0.508 e. The third kappa shape index (κ3) is 6.49. The first-order chi connectivity index (χ1) is 17.9. The zero-order chi connectivity index (χ0) is 26.4. The molecule has 1 fully saturated rings. The van der Waals surface area contributed by atoms with Gasteiger partial charge in [-0.3, -0.25) is 14.5 Å². The van der Waals surface area contributed by atoms with E-state index in [0.717, 1.165) is 16.2 Å². The maximum atomic E-state index is 13.3. The van der Waals surface area contributed by atoms with Gasteiger partial charge >= 0.3 is 0 Å². The highest BCUT2D eigenvalue weighted by Gasteiger charge is 2.40. The number of thioether (sulfide) groups is 1. The molecule has 0 radical (unpaired) electrons. The summed E-state index contributed by atoms with van der Waals surface area (Å²) in [6.07, 6.45) is 1.46. The Labute approximate surface area is 226 Å². The summed E-state index contributed by atoms with van der Waals surface area (Å²) in [6, 6.07) is 18.7. The topological polar surface area (TPSA) is 113 Å². The Balaban J connectivity index is 1.56. The maximum absolute atomic E-state index is 13.3. The van der Waals surface area contributed by atoms with Crippen molar-refractivity contribution >= 4 is 62.3 Å². The number of halogens is 1. The summed E-state index contributed by atoms with van der Waals surface area (Å²) in [4.78, 5) is 27.4. The molecule has 3 aromatic carbocycles. The number of benzene rings is 3. The number of hydrogen-bond acceptors (Lipinski definition) is 8. The van der Waals surface area contributed by atoms with Gasteiger partial charge in [-0.2, -0.15) is 5.10 Å². The lowest BCUT2D eigenvalue weighted by molar-refractivity contribution is -0.121. The van der Waals surface area contributed by atoms with Gasteiger partial charge in [0.1, 0.15) is 11.0 Å². The molecule has 190 valence electrons. The van der Waals surface area contributed by atoms with E-state index in [0.29, 0.717) is 28.4 Å². The quantitative estimate of drug-likeness (QED) is 0.284. The molecule has 1 aliphatic rings. The lowest BCUT2D eigenvalue weighted by atomic mass is 10.2. The number of amidine groups is 1. The number of rotatable bonds is 8. The van der Waals surface area contributed by atoms with Gasteiger partial charge in [-0.15, -0.1) is 5.10 Å². The van der Waals surface area contributed by atoms with E-state index < -0.39 is 5.25 Å². The molecule has 11 heteroatoms. The van der Waals surface area contributed by atoms with Crippen LogP contribution < -0.4 is 19.7 Å². The number of amides is 2. The molecule has 0 bridgehead atoms. The Morgan fingerprint density at radius 1 is 1.11 bits per heavy atom. The highest BCUT2D eigenvalue weighted by atomic mass is 79.9.